The van der Waals surface area contributed by atoms with Crippen LogP contribution in [0.5, 0.6) is 0 Å². The molecule has 0 bridgehead atoms. The summed E-state index contributed by atoms with van der Waals surface area (Å²) in [5.41, 5.74) is 3.61. The maximum absolute atomic E-state index is 11.3. The highest BCUT2D eigenvalue weighted by molar-refractivity contribution is 5.91. The Hall–Kier alpha value is -2.35. The smallest absolute Gasteiger partial charge is 0.315 e. The summed E-state index contributed by atoms with van der Waals surface area (Å²) in [6.07, 6.45) is 5.19. The molecule has 2 aliphatic rings. The number of carbonyl (C=O) groups excluding carboxylic acids is 1. The largest absolute Gasteiger partial charge is 0.426 e. The van der Waals surface area contributed by atoms with Crippen LogP contribution in [-0.4, -0.2) is 5.97 Å². The second kappa shape index (κ2) is 3.82. The van der Waals surface area contributed by atoms with Crippen LogP contribution in [0.1, 0.15) is 17.5 Å². The Morgan fingerprint density at radius 3 is 2.89 bits per heavy atom. The number of esters is 1. The van der Waals surface area contributed by atoms with Gasteiger partial charge in [0.25, 0.3) is 0 Å². The molecule has 0 N–H and O–H groups in total. The summed E-state index contributed by atoms with van der Waals surface area (Å²) in [6, 6.07) is 12.6. The van der Waals surface area contributed by atoms with Crippen LogP contribution in [0.4, 0.5) is 0 Å². The van der Waals surface area contributed by atoms with E-state index in [1.54, 1.807) is 0 Å². The first-order valence-corrected chi connectivity index (χ1v) is 6.44. The zero-order valence-electron chi connectivity index (χ0n) is 10.3. The van der Waals surface area contributed by atoms with Crippen molar-refractivity contribution >= 4 is 22.8 Å². The first kappa shape index (κ1) is 10.6. The minimum Gasteiger partial charge on any atom is -0.426 e. The standard InChI is InChI=1S/C17H12O2/c18-17-8-7-13-9-15-12(10-16(13)19-17)6-5-11-3-1-2-4-14(11)15/h1-7,10H,8-9H2. The number of ether oxygens (including phenoxy) is 1. The van der Waals surface area contributed by atoms with Gasteiger partial charge in [0.2, 0.25) is 0 Å². The molecule has 2 aromatic rings. The number of carbonyl (C=O) groups is 1. The van der Waals surface area contributed by atoms with Crippen molar-refractivity contribution in [2.45, 2.75) is 12.8 Å². The van der Waals surface area contributed by atoms with Crippen molar-refractivity contribution in [1.82, 2.24) is 0 Å². The molecular weight excluding hydrogens is 236 g/mol. The molecule has 0 spiro atoms. The van der Waals surface area contributed by atoms with Crippen molar-refractivity contribution in [3.8, 4) is 0 Å². The van der Waals surface area contributed by atoms with Crippen LogP contribution in [0, 0.1) is 0 Å². The molecule has 2 heteroatoms. The van der Waals surface area contributed by atoms with E-state index in [9.17, 15) is 4.79 Å². The van der Waals surface area contributed by atoms with Crippen LogP contribution >= 0.6 is 0 Å². The van der Waals surface area contributed by atoms with E-state index in [0.29, 0.717) is 6.42 Å². The quantitative estimate of drug-likeness (QED) is 0.666. The van der Waals surface area contributed by atoms with Crippen molar-refractivity contribution < 1.29 is 9.53 Å². The van der Waals surface area contributed by atoms with Crippen LogP contribution in [0.2, 0.25) is 0 Å². The van der Waals surface area contributed by atoms with Gasteiger partial charge in [0.1, 0.15) is 5.76 Å². The van der Waals surface area contributed by atoms with Gasteiger partial charge in [-0.05, 0) is 33.5 Å². The Kier molecular flexibility index (Phi) is 2.12. The normalized spacial score (nSPS) is 17.2. The van der Waals surface area contributed by atoms with E-state index < -0.39 is 0 Å². The summed E-state index contributed by atoms with van der Waals surface area (Å²) >= 11 is 0. The second-order valence-electron chi connectivity index (χ2n) is 4.95. The molecule has 1 aliphatic heterocycles. The molecule has 4 rings (SSSR count). The van der Waals surface area contributed by atoms with Crippen LogP contribution in [0.3, 0.4) is 0 Å². The third-order valence-corrected chi connectivity index (χ3v) is 3.79. The monoisotopic (exact) mass is 248 g/mol. The molecule has 0 amide bonds. The molecule has 1 heterocycles. The van der Waals surface area contributed by atoms with Gasteiger partial charge in [0.15, 0.2) is 0 Å². The third-order valence-electron chi connectivity index (χ3n) is 3.79. The lowest BCUT2D eigenvalue weighted by Gasteiger charge is -2.23. The molecule has 0 fully saturated rings. The molecule has 2 aromatic carbocycles. The predicted molar refractivity (Wildman–Crippen MR) is 74.4 cm³/mol. The zero-order valence-corrected chi connectivity index (χ0v) is 10.3. The van der Waals surface area contributed by atoms with Gasteiger partial charge in [-0.15, -0.1) is 0 Å². The van der Waals surface area contributed by atoms with Crippen molar-refractivity contribution in [3.05, 3.63) is 64.9 Å². The van der Waals surface area contributed by atoms with E-state index in [1.165, 1.54) is 16.3 Å². The molecule has 92 valence electrons. The maximum atomic E-state index is 11.3. The van der Waals surface area contributed by atoms with Gasteiger partial charge in [-0.2, -0.15) is 0 Å². The zero-order chi connectivity index (χ0) is 12.8. The summed E-state index contributed by atoms with van der Waals surface area (Å²) in [7, 11) is 0. The van der Waals surface area contributed by atoms with E-state index in [4.69, 9.17) is 4.74 Å². The van der Waals surface area contributed by atoms with E-state index in [1.807, 2.05) is 12.2 Å². The SMILES string of the molecule is O=C1CC=C2Cc3c(ccc4ccccc34)C=C2O1. The third kappa shape index (κ3) is 1.60. The lowest BCUT2D eigenvalue weighted by molar-refractivity contribution is -0.138. The van der Waals surface area contributed by atoms with Crippen molar-refractivity contribution in [2.24, 2.45) is 0 Å². The predicted octanol–water partition coefficient (Wildman–Crippen LogP) is 3.61. The van der Waals surface area contributed by atoms with E-state index in [0.717, 1.165) is 23.3 Å². The van der Waals surface area contributed by atoms with Gasteiger partial charge in [0, 0.05) is 6.42 Å². The van der Waals surface area contributed by atoms with Crippen LogP contribution in [0.25, 0.3) is 16.8 Å². The van der Waals surface area contributed by atoms with Gasteiger partial charge < -0.3 is 4.74 Å². The summed E-state index contributed by atoms with van der Waals surface area (Å²) < 4.78 is 5.31. The molecule has 0 saturated heterocycles. The highest BCUT2D eigenvalue weighted by Gasteiger charge is 2.23. The number of benzene rings is 2. The Bertz CT molecular complexity index is 766. The second-order valence-corrected chi connectivity index (χ2v) is 4.95. The Balaban J connectivity index is 1.96. The van der Waals surface area contributed by atoms with Gasteiger partial charge in [-0.1, -0.05) is 42.5 Å². The number of rotatable bonds is 0. The highest BCUT2D eigenvalue weighted by atomic mass is 16.5. The average Bonchev–Trinajstić information content (AvgIpc) is 2.45. The van der Waals surface area contributed by atoms with Crippen LogP contribution in [0.15, 0.2) is 53.8 Å². The molecule has 2 nitrogen and oxygen atoms in total. The first-order valence-electron chi connectivity index (χ1n) is 6.44. The molecule has 0 unspecified atom stereocenters. The maximum Gasteiger partial charge on any atom is 0.315 e. The van der Waals surface area contributed by atoms with Gasteiger partial charge in [-0.3, -0.25) is 4.79 Å². The molecule has 0 radical (unpaired) electrons. The lowest BCUT2D eigenvalue weighted by atomic mass is 9.87. The molecule has 0 saturated carbocycles. The van der Waals surface area contributed by atoms with Gasteiger partial charge in [-0.25, -0.2) is 0 Å². The van der Waals surface area contributed by atoms with Crippen molar-refractivity contribution in [3.63, 3.8) is 0 Å². The fraction of sp³-hybridized carbons (Fsp3) is 0.118. The van der Waals surface area contributed by atoms with E-state index >= 15 is 0 Å². The minimum atomic E-state index is -0.167. The number of hydrogen-bond donors (Lipinski definition) is 0. The Morgan fingerprint density at radius 1 is 1.05 bits per heavy atom. The molecule has 1 aliphatic carbocycles. The number of allylic oxidation sites excluding steroid dienone is 1. The molecule has 0 atom stereocenters. The lowest BCUT2D eigenvalue weighted by Crippen LogP contribution is -2.15. The van der Waals surface area contributed by atoms with E-state index in [2.05, 4.69) is 36.4 Å². The van der Waals surface area contributed by atoms with Crippen molar-refractivity contribution in [2.75, 3.05) is 0 Å². The molecular formula is C17H12O2. The number of fused-ring (bicyclic) bond motifs is 4. The summed E-state index contributed by atoms with van der Waals surface area (Å²) in [6.45, 7) is 0. The molecule has 19 heavy (non-hydrogen) atoms. The first-order chi connectivity index (χ1) is 9.31. The summed E-state index contributed by atoms with van der Waals surface area (Å²) in [5, 5.41) is 2.54. The summed E-state index contributed by atoms with van der Waals surface area (Å²) in [4.78, 5) is 11.3. The average molecular weight is 248 g/mol. The fourth-order valence-corrected chi connectivity index (χ4v) is 2.84. The van der Waals surface area contributed by atoms with E-state index in [-0.39, 0.29) is 5.97 Å². The Labute approximate surface area is 111 Å². The Morgan fingerprint density at radius 2 is 1.95 bits per heavy atom. The topological polar surface area (TPSA) is 26.3 Å². The highest BCUT2D eigenvalue weighted by Crippen LogP contribution is 2.35. The molecule has 0 aromatic heterocycles. The minimum absolute atomic E-state index is 0.167. The summed E-state index contributed by atoms with van der Waals surface area (Å²) in [5.74, 6) is 0.554. The fourth-order valence-electron chi connectivity index (χ4n) is 2.84. The van der Waals surface area contributed by atoms with Gasteiger partial charge >= 0.3 is 5.97 Å². The van der Waals surface area contributed by atoms with Crippen LogP contribution in [-0.2, 0) is 16.0 Å². The van der Waals surface area contributed by atoms with Crippen LogP contribution < -0.4 is 0 Å². The van der Waals surface area contributed by atoms with Gasteiger partial charge in [0.05, 0.1) is 6.42 Å². The van der Waals surface area contributed by atoms with Crippen molar-refractivity contribution in [1.29, 1.82) is 0 Å². The number of hydrogen-bond acceptors (Lipinski definition) is 2.